The smallest absolute Gasteiger partial charge is 0.327 e. The van der Waals surface area contributed by atoms with Crippen molar-refractivity contribution in [2.24, 2.45) is 0 Å². The van der Waals surface area contributed by atoms with Gasteiger partial charge in [-0.15, -0.1) is 0 Å². The second-order valence-electron chi connectivity index (χ2n) is 4.42. The molecule has 0 heterocycles. The zero-order valence-corrected chi connectivity index (χ0v) is 11.2. The van der Waals surface area contributed by atoms with Gasteiger partial charge in [0.05, 0.1) is 7.11 Å². The Labute approximate surface area is 111 Å². The van der Waals surface area contributed by atoms with E-state index in [0.29, 0.717) is 13.1 Å². The van der Waals surface area contributed by atoms with Gasteiger partial charge in [-0.05, 0) is 31.8 Å². The van der Waals surface area contributed by atoms with Crippen LogP contribution < -0.4 is 5.32 Å². The van der Waals surface area contributed by atoms with Crippen LogP contribution in [0.15, 0.2) is 18.2 Å². The lowest BCUT2D eigenvalue weighted by Crippen LogP contribution is -2.34. The summed E-state index contributed by atoms with van der Waals surface area (Å²) < 4.78 is 31.0. The number of methoxy groups -OCH3 is 1. The number of carbonyl (C=O) groups excluding carboxylic acids is 1. The van der Waals surface area contributed by atoms with Gasteiger partial charge in [0.15, 0.2) is 0 Å². The number of ether oxygens (including phenoxy) is 1. The highest BCUT2D eigenvalue weighted by Gasteiger charge is 2.22. The molecule has 0 aliphatic carbocycles. The summed E-state index contributed by atoms with van der Waals surface area (Å²) in [5.74, 6) is -2.03. The SMILES string of the molecule is COC(=O)C(NCCN(C)C)c1cc(F)cc(F)c1. The van der Waals surface area contributed by atoms with Crippen LogP contribution in [-0.2, 0) is 9.53 Å². The van der Waals surface area contributed by atoms with Crippen molar-refractivity contribution in [3.63, 3.8) is 0 Å². The highest BCUT2D eigenvalue weighted by atomic mass is 19.1. The summed E-state index contributed by atoms with van der Waals surface area (Å²) in [7, 11) is 5.01. The van der Waals surface area contributed by atoms with Crippen molar-refractivity contribution < 1.29 is 18.3 Å². The minimum absolute atomic E-state index is 0.211. The van der Waals surface area contributed by atoms with Gasteiger partial charge in [-0.2, -0.15) is 0 Å². The number of esters is 1. The average molecular weight is 272 g/mol. The maximum Gasteiger partial charge on any atom is 0.327 e. The van der Waals surface area contributed by atoms with E-state index in [0.717, 1.165) is 18.2 Å². The minimum Gasteiger partial charge on any atom is -0.468 e. The molecule has 1 atom stereocenters. The molecule has 0 saturated heterocycles. The number of carbonyl (C=O) groups is 1. The summed E-state index contributed by atoms with van der Waals surface area (Å²) in [6.07, 6.45) is 0. The average Bonchev–Trinajstić information content (AvgIpc) is 2.32. The van der Waals surface area contributed by atoms with Gasteiger partial charge in [-0.3, -0.25) is 5.32 Å². The summed E-state index contributed by atoms with van der Waals surface area (Å²) in [5, 5.41) is 2.92. The molecule has 0 aliphatic rings. The van der Waals surface area contributed by atoms with Crippen LogP contribution in [0.5, 0.6) is 0 Å². The predicted octanol–water partition coefficient (Wildman–Crippen LogP) is 1.33. The van der Waals surface area contributed by atoms with E-state index < -0.39 is 23.6 Å². The van der Waals surface area contributed by atoms with Crippen molar-refractivity contribution in [2.75, 3.05) is 34.3 Å². The van der Waals surface area contributed by atoms with E-state index >= 15 is 0 Å². The van der Waals surface area contributed by atoms with Gasteiger partial charge in [0.1, 0.15) is 17.7 Å². The van der Waals surface area contributed by atoms with Crippen molar-refractivity contribution in [3.05, 3.63) is 35.4 Å². The Morgan fingerprint density at radius 3 is 2.37 bits per heavy atom. The van der Waals surface area contributed by atoms with Crippen molar-refractivity contribution >= 4 is 5.97 Å². The van der Waals surface area contributed by atoms with E-state index in [1.54, 1.807) is 0 Å². The van der Waals surface area contributed by atoms with Crippen LogP contribution in [0.2, 0.25) is 0 Å². The highest BCUT2D eigenvalue weighted by Crippen LogP contribution is 2.17. The fourth-order valence-corrected chi connectivity index (χ4v) is 1.63. The Morgan fingerprint density at radius 1 is 1.32 bits per heavy atom. The number of nitrogens with one attached hydrogen (secondary N) is 1. The van der Waals surface area contributed by atoms with Crippen LogP contribution in [0.1, 0.15) is 11.6 Å². The number of nitrogens with zero attached hydrogens (tertiary/aromatic N) is 1. The lowest BCUT2D eigenvalue weighted by Gasteiger charge is -2.18. The minimum atomic E-state index is -0.879. The van der Waals surface area contributed by atoms with E-state index in [4.69, 9.17) is 0 Å². The zero-order valence-electron chi connectivity index (χ0n) is 11.2. The Bertz CT molecular complexity index is 418. The molecular formula is C13H18F2N2O2. The molecule has 1 rings (SSSR count). The molecule has 0 amide bonds. The molecule has 0 saturated carbocycles. The molecule has 0 fully saturated rings. The van der Waals surface area contributed by atoms with Crippen molar-refractivity contribution in [2.45, 2.75) is 6.04 Å². The normalized spacial score (nSPS) is 12.5. The first-order chi connectivity index (χ1) is 8.93. The maximum absolute atomic E-state index is 13.2. The summed E-state index contributed by atoms with van der Waals surface area (Å²) in [6, 6.07) is 2.12. The maximum atomic E-state index is 13.2. The Kier molecular flexibility index (Phi) is 5.85. The van der Waals surface area contributed by atoms with Gasteiger partial charge in [-0.25, -0.2) is 13.6 Å². The lowest BCUT2D eigenvalue weighted by atomic mass is 10.1. The molecule has 6 heteroatoms. The number of hydrogen-bond acceptors (Lipinski definition) is 4. The molecule has 0 radical (unpaired) electrons. The molecule has 0 aliphatic heterocycles. The van der Waals surface area contributed by atoms with E-state index in [1.807, 2.05) is 19.0 Å². The fraction of sp³-hybridized carbons (Fsp3) is 0.462. The number of likely N-dealkylation sites (N-methyl/N-ethyl adjacent to an activating group) is 1. The predicted molar refractivity (Wildman–Crippen MR) is 67.7 cm³/mol. The van der Waals surface area contributed by atoms with Gasteiger partial charge in [0.2, 0.25) is 0 Å². The third-order valence-corrected chi connectivity index (χ3v) is 2.56. The zero-order chi connectivity index (χ0) is 14.4. The summed E-state index contributed by atoms with van der Waals surface area (Å²) in [6.45, 7) is 1.18. The van der Waals surface area contributed by atoms with Gasteiger partial charge in [0.25, 0.3) is 0 Å². The molecule has 1 aromatic rings. The lowest BCUT2D eigenvalue weighted by molar-refractivity contribution is -0.143. The van der Waals surface area contributed by atoms with Crippen LogP contribution in [0, 0.1) is 11.6 Å². The molecule has 0 bridgehead atoms. The molecule has 0 aromatic heterocycles. The Morgan fingerprint density at radius 2 is 1.89 bits per heavy atom. The molecule has 1 N–H and O–H groups in total. The van der Waals surface area contributed by atoms with Crippen LogP contribution in [0.3, 0.4) is 0 Å². The molecule has 1 aromatic carbocycles. The van der Waals surface area contributed by atoms with Crippen molar-refractivity contribution in [3.8, 4) is 0 Å². The fourth-order valence-electron chi connectivity index (χ4n) is 1.63. The van der Waals surface area contributed by atoms with Crippen LogP contribution >= 0.6 is 0 Å². The van der Waals surface area contributed by atoms with E-state index in [-0.39, 0.29) is 5.56 Å². The molecule has 0 spiro atoms. The number of rotatable bonds is 6. The number of hydrogen-bond donors (Lipinski definition) is 1. The van der Waals surface area contributed by atoms with Gasteiger partial charge in [-0.1, -0.05) is 0 Å². The van der Waals surface area contributed by atoms with Gasteiger partial charge < -0.3 is 9.64 Å². The largest absolute Gasteiger partial charge is 0.468 e. The van der Waals surface area contributed by atoms with E-state index in [2.05, 4.69) is 10.1 Å². The Balaban J connectivity index is 2.86. The topological polar surface area (TPSA) is 41.6 Å². The van der Waals surface area contributed by atoms with Crippen molar-refractivity contribution in [1.29, 1.82) is 0 Å². The molecule has 106 valence electrons. The summed E-state index contributed by atoms with van der Waals surface area (Å²) in [5.41, 5.74) is 0.211. The molecule has 1 unspecified atom stereocenters. The van der Waals surface area contributed by atoms with Crippen LogP contribution in [-0.4, -0.2) is 45.2 Å². The third kappa shape index (κ3) is 4.92. The first-order valence-electron chi connectivity index (χ1n) is 5.86. The first kappa shape index (κ1) is 15.5. The third-order valence-electron chi connectivity index (χ3n) is 2.56. The van der Waals surface area contributed by atoms with Crippen LogP contribution in [0.25, 0.3) is 0 Å². The molecule has 19 heavy (non-hydrogen) atoms. The van der Waals surface area contributed by atoms with E-state index in [1.165, 1.54) is 7.11 Å². The molecular weight excluding hydrogens is 254 g/mol. The summed E-state index contributed by atoms with van der Waals surface area (Å²) >= 11 is 0. The van der Waals surface area contributed by atoms with Crippen LogP contribution in [0.4, 0.5) is 8.78 Å². The monoisotopic (exact) mass is 272 g/mol. The van der Waals surface area contributed by atoms with E-state index in [9.17, 15) is 13.6 Å². The second-order valence-corrected chi connectivity index (χ2v) is 4.42. The standard InChI is InChI=1S/C13H18F2N2O2/c1-17(2)5-4-16-12(13(18)19-3)9-6-10(14)8-11(15)7-9/h6-8,12,16H,4-5H2,1-3H3. The summed E-state index contributed by atoms with van der Waals surface area (Å²) in [4.78, 5) is 13.6. The first-order valence-corrected chi connectivity index (χ1v) is 5.86. The van der Waals surface area contributed by atoms with Crippen molar-refractivity contribution in [1.82, 2.24) is 10.2 Å². The molecule has 4 nitrogen and oxygen atoms in total. The number of benzene rings is 1. The highest BCUT2D eigenvalue weighted by molar-refractivity contribution is 5.77. The quantitative estimate of drug-likeness (QED) is 0.793. The number of halogens is 2. The Hall–Kier alpha value is -1.53. The second kappa shape index (κ2) is 7.16. The van der Waals surface area contributed by atoms with Gasteiger partial charge >= 0.3 is 5.97 Å². The van der Waals surface area contributed by atoms with Gasteiger partial charge in [0, 0.05) is 19.2 Å².